The molecule has 58 valence electrons. The van der Waals surface area contributed by atoms with Gasteiger partial charge in [0.2, 0.25) is 5.91 Å². The highest BCUT2D eigenvalue weighted by atomic mass is 16.1. The van der Waals surface area contributed by atoms with Crippen molar-refractivity contribution in [2.75, 3.05) is 13.6 Å². The van der Waals surface area contributed by atoms with E-state index in [0.717, 1.165) is 6.42 Å². The van der Waals surface area contributed by atoms with Crippen LogP contribution in [0.25, 0.3) is 0 Å². The van der Waals surface area contributed by atoms with Gasteiger partial charge in [0.05, 0.1) is 6.54 Å². The van der Waals surface area contributed by atoms with Gasteiger partial charge in [-0.05, 0) is 6.42 Å². The van der Waals surface area contributed by atoms with E-state index < -0.39 is 0 Å². The van der Waals surface area contributed by atoms with Gasteiger partial charge in [-0.2, -0.15) is 0 Å². The fourth-order valence-corrected chi connectivity index (χ4v) is 0.566. The zero-order chi connectivity index (χ0) is 7.82. The topological polar surface area (TPSA) is 41.5 Å². The molecular weight excluding hydrogens is 128 g/mol. The SMILES string of the molecule is CCCC(=O)NCC=NC. The van der Waals surface area contributed by atoms with Gasteiger partial charge in [0, 0.05) is 19.7 Å². The highest BCUT2D eigenvalue weighted by Crippen LogP contribution is 1.83. The zero-order valence-corrected chi connectivity index (χ0v) is 6.55. The molecule has 0 unspecified atom stereocenters. The molecule has 0 atom stereocenters. The Labute approximate surface area is 61.5 Å². The molecule has 0 aliphatic carbocycles. The molecule has 0 fully saturated rings. The fraction of sp³-hybridized carbons (Fsp3) is 0.714. The molecule has 0 saturated carbocycles. The van der Waals surface area contributed by atoms with Crippen LogP contribution in [-0.4, -0.2) is 25.7 Å². The smallest absolute Gasteiger partial charge is 0.220 e. The molecule has 0 aromatic heterocycles. The molecule has 1 N–H and O–H groups in total. The average molecular weight is 142 g/mol. The van der Waals surface area contributed by atoms with Crippen LogP contribution in [0.3, 0.4) is 0 Å². The quantitative estimate of drug-likeness (QED) is 0.574. The second kappa shape index (κ2) is 6.26. The van der Waals surface area contributed by atoms with Crippen molar-refractivity contribution in [1.29, 1.82) is 0 Å². The van der Waals surface area contributed by atoms with Crippen LogP contribution in [0.4, 0.5) is 0 Å². The van der Waals surface area contributed by atoms with Gasteiger partial charge in [-0.1, -0.05) is 6.92 Å². The minimum Gasteiger partial charge on any atom is -0.351 e. The molecule has 0 radical (unpaired) electrons. The maximum absolute atomic E-state index is 10.7. The molecule has 3 heteroatoms. The molecule has 0 heterocycles. The molecule has 0 aliphatic rings. The summed E-state index contributed by atoms with van der Waals surface area (Å²) in [7, 11) is 1.69. The summed E-state index contributed by atoms with van der Waals surface area (Å²) in [6, 6.07) is 0. The fourth-order valence-electron chi connectivity index (χ4n) is 0.566. The van der Waals surface area contributed by atoms with Crippen molar-refractivity contribution < 1.29 is 4.79 Å². The average Bonchev–Trinajstić information content (AvgIpc) is 1.89. The number of carbonyl (C=O) groups is 1. The van der Waals surface area contributed by atoms with E-state index in [0.29, 0.717) is 13.0 Å². The Morgan fingerprint density at radius 2 is 2.40 bits per heavy atom. The van der Waals surface area contributed by atoms with Crippen molar-refractivity contribution in [1.82, 2.24) is 5.32 Å². The summed E-state index contributed by atoms with van der Waals surface area (Å²) >= 11 is 0. The summed E-state index contributed by atoms with van der Waals surface area (Å²) in [5, 5.41) is 2.70. The highest BCUT2D eigenvalue weighted by Gasteiger charge is 1.94. The summed E-state index contributed by atoms with van der Waals surface area (Å²) in [4.78, 5) is 14.5. The van der Waals surface area contributed by atoms with Gasteiger partial charge in [-0.25, -0.2) is 0 Å². The van der Waals surface area contributed by atoms with Gasteiger partial charge in [0.25, 0.3) is 0 Å². The van der Waals surface area contributed by atoms with Gasteiger partial charge >= 0.3 is 0 Å². The molecule has 0 aromatic rings. The molecule has 0 aliphatic heterocycles. The first-order valence-corrected chi connectivity index (χ1v) is 3.48. The molecule has 0 rings (SSSR count). The van der Waals surface area contributed by atoms with E-state index in [-0.39, 0.29) is 5.91 Å². The van der Waals surface area contributed by atoms with E-state index in [1.807, 2.05) is 6.92 Å². The lowest BCUT2D eigenvalue weighted by Crippen LogP contribution is -2.24. The van der Waals surface area contributed by atoms with Crippen molar-refractivity contribution in [3.05, 3.63) is 0 Å². The van der Waals surface area contributed by atoms with E-state index in [4.69, 9.17) is 0 Å². The monoisotopic (exact) mass is 142 g/mol. The third-order valence-electron chi connectivity index (χ3n) is 1.05. The normalized spacial score (nSPS) is 10.2. The lowest BCUT2D eigenvalue weighted by atomic mass is 10.3. The zero-order valence-electron chi connectivity index (χ0n) is 6.55. The van der Waals surface area contributed by atoms with Gasteiger partial charge in [0.15, 0.2) is 0 Å². The van der Waals surface area contributed by atoms with Gasteiger partial charge < -0.3 is 5.32 Å². The highest BCUT2D eigenvalue weighted by molar-refractivity contribution is 5.78. The predicted octanol–water partition coefficient (Wildman–Crippen LogP) is 0.603. The molecule has 0 spiro atoms. The standard InChI is InChI=1S/C7H14N2O/c1-3-4-7(10)9-6-5-8-2/h5H,3-4,6H2,1-2H3,(H,9,10). The maximum atomic E-state index is 10.7. The summed E-state index contributed by atoms with van der Waals surface area (Å²) < 4.78 is 0. The van der Waals surface area contributed by atoms with Crippen molar-refractivity contribution >= 4 is 12.1 Å². The summed E-state index contributed by atoms with van der Waals surface area (Å²) in [6.07, 6.45) is 3.18. The summed E-state index contributed by atoms with van der Waals surface area (Å²) in [6.45, 7) is 2.53. The largest absolute Gasteiger partial charge is 0.351 e. The number of carbonyl (C=O) groups excluding carboxylic acids is 1. The van der Waals surface area contributed by atoms with Crippen LogP contribution in [0.2, 0.25) is 0 Å². The Kier molecular flexibility index (Phi) is 5.72. The van der Waals surface area contributed by atoms with Crippen LogP contribution in [0.5, 0.6) is 0 Å². The maximum Gasteiger partial charge on any atom is 0.220 e. The number of nitrogens with zero attached hydrogens (tertiary/aromatic N) is 1. The Morgan fingerprint density at radius 3 is 2.90 bits per heavy atom. The van der Waals surface area contributed by atoms with E-state index in [2.05, 4.69) is 10.3 Å². The van der Waals surface area contributed by atoms with Crippen LogP contribution in [0.1, 0.15) is 19.8 Å². The Balaban J connectivity index is 3.21. The Morgan fingerprint density at radius 1 is 1.70 bits per heavy atom. The van der Waals surface area contributed by atoms with E-state index in [1.54, 1.807) is 13.3 Å². The Bertz CT molecular complexity index is 121. The second-order valence-electron chi connectivity index (χ2n) is 1.99. The minimum atomic E-state index is 0.0994. The van der Waals surface area contributed by atoms with Crippen molar-refractivity contribution in [2.24, 2.45) is 4.99 Å². The Hall–Kier alpha value is -0.860. The number of rotatable bonds is 4. The number of hydrogen-bond donors (Lipinski definition) is 1. The lowest BCUT2D eigenvalue weighted by Gasteiger charge is -1.97. The van der Waals surface area contributed by atoms with Crippen molar-refractivity contribution in [2.45, 2.75) is 19.8 Å². The number of amides is 1. The second-order valence-corrected chi connectivity index (χ2v) is 1.99. The molecular formula is C7H14N2O. The third kappa shape index (κ3) is 5.28. The van der Waals surface area contributed by atoms with Crippen LogP contribution < -0.4 is 5.32 Å². The first-order chi connectivity index (χ1) is 4.81. The van der Waals surface area contributed by atoms with Gasteiger partial charge in [0.1, 0.15) is 0 Å². The van der Waals surface area contributed by atoms with Crippen molar-refractivity contribution in [3.8, 4) is 0 Å². The van der Waals surface area contributed by atoms with Crippen molar-refractivity contribution in [3.63, 3.8) is 0 Å². The predicted molar refractivity (Wildman–Crippen MR) is 42.3 cm³/mol. The first-order valence-electron chi connectivity index (χ1n) is 3.48. The van der Waals surface area contributed by atoms with Gasteiger partial charge in [-0.3, -0.25) is 9.79 Å². The van der Waals surface area contributed by atoms with E-state index >= 15 is 0 Å². The molecule has 0 saturated heterocycles. The van der Waals surface area contributed by atoms with Crippen LogP contribution in [0.15, 0.2) is 4.99 Å². The lowest BCUT2D eigenvalue weighted by molar-refractivity contribution is -0.120. The third-order valence-corrected chi connectivity index (χ3v) is 1.05. The summed E-state index contributed by atoms with van der Waals surface area (Å²) in [5.41, 5.74) is 0. The molecule has 0 aromatic carbocycles. The van der Waals surface area contributed by atoms with Crippen LogP contribution >= 0.6 is 0 Å². The molecule has 3 nitrogen and oxygen atoms in total. The molecule has 10 heavy (non-hydrogen) atoms. The molecule has 1 amide bonds. The first kappa shape index (κ1) is 9.14. The van der Waals surface area contributed by atoms with Crippen LogP contribution in [-0.2, 0) is 4.79 Å². The van der Waals surface area contributed by atoms with E-state index in [1.165, 1.54) is 0 Å². The minimum absolute atomic E-state index is 0.0994. The summed E-state index contributed by atoms with van der Waals surface area (Å²) in [5.74, 6) is 0.0994. The number of nitrogens with one attached hydrogen (secondary N) is 1. The van der Waals surface area contributed by atoms with Crippen LogP contribution in [0, 0.1) is 0 Å². The number of aliphatic imine (C=N–C) groups is 1. The number of hydrogen-bond acceptors (Lipinski definition) is 2. The van der Waals surface area contributed by atoms with Gasteiger partial charge in [-0.15, -0.1) is 0 Å². The van der Waals surface area contributed by atoms with E-state index in [9.17, 15) is 4.79 Å². The molecule has 0 bridgehead atoms.